The Morgan fingerprint density at radius 3 is 2.76 bits per heavy atom. The van der Waals surface area contributed by atoms with Crippen LogP contribution in [-0.4, -0.2) is 28.7 Å². The summed E-state index contributed by atoms with van der Waals surface area (Å²) in [7, 11) is 0. The lowest BCUT2D eigenvalue weighted by molar-refractivity contribution is -0.152. The number of carbonyl (C=O) groups is 2. The summed E-state index contributed by atoms with van der Waals surface area (Å²) in [5, 5.41) is 0. The molecule has 1 fully saturated rings. The number of nitrogens with zero attached hydrogens (tertiary/aromatic N) is 1. The van der Waals surface area contributed by atoms with Crippen LogP contribution in [0.25, 0.3) is 0 Å². The van der Waals surface area contributed by atoms with E-state index in [1.165, 1.54) is 29.5 Å². The largest absolute Gasteiger partial charge is 0.461 e. The molecule has 1 aliphatic carbocycles. The third kappa shape index (κ3) is 5.99. The molecule has 5 nitrogen and oxygen atoms in total. The van der Waals surface area contributed by atoms with E-state index in [2.05, 4.69) is 25.8 Å². The number of hydrogen-bond acceptors (Lipinski definition) is 6. The van der Waals surface area contributed by atoms with Crippen molar-refractivity contribution in [3.63, 3.8) is 0 Å². The molecule has 0 spiro atoms. The molecular weight excluding hydrogens is 356 g/mol. The molecule has 0 saturated heterocycles. The highest BCUT2D eigenvalue weighted by Crippen LogP contribution is 2.36. The zero-order chi connectivity index (χ0) is 18.6. The van der Waals surface area contributed by atoms with Gasteiger partial charge in [0.2, 0.25) is 5.91 Å². The second-order valence-electron chi connectivity index (χ2n) is 7.27. The Morgan fingerprint density at radius 2 is 2.12 bits per heavy atom. The maximum absolute atomic E-state index is 12.3. The summed E-state index contributed by atoms with van der Waals surface area (Å²) in [5.74, 6) is 1.29. The molecular formula is C18H28N2O3S2. The van der Waals surface area contributed by atoms with Gasteiger partial charge in [-0.25, -0.2) is 4.98 Å². The van der Waals surface area contributed by atoms with Crippen LogP contribution in [0.4, 0.5) is 0 Å². The Labute approximate surface area is 158 Å². The van der Waals surface area contributed by atoms with Crippen LogP contribution in [0.15, 0.2) is 4.34 Å². The van der Waals surface area contributed by atoms with E-state index >= 15 is 0 Å². The molecule has 3 atom stereocenters. The lowest BCUT2D eigenvalue weighted by Crippen LogP contribution is -2.36. The van der Waals surface area contributed by atoms with E-state index in [1.807, 2.05) is 6.92 Å². The molecule has 1 aromatic rings. The number of ether oxygens (including phenoxy) is 1. The van der Waals surface area contributed by atoms with Crippen molar-refractivity contribution < 1.29 is 14.3 Å². The number of aromatic nitrogens is 1. The number of carbonyl (C=O) groups excluding carboxylic acids is 2. The van der Waals surface area contributed by atoms with Gasteiger partial charge in [-0.15, -0.1) is 11.3 Å². The van der Waals surface area contributed by atoms with Crippen molar-refractivity contribution in [1.82, 2.24) is 4.98 Å². The molecule has 1 aromatic heterocycles. The van der Waals surface area contributed by atoms with Gasteiger partial charge in [0, 0.05) is 4.88 Å². The van der Waals surface area contributed by atoms with E-state index in [4.69, 9.17) is 10.5 Å². The van der Waals surface area contributed by atoms with Crippen LogP contribution in [0, 0.1) is 24.7 Å². The fourth-order valence-corrected chi connectivity index (χ4v) is 5.39. The van der Waals surface area contributed by atoms with Crippen LogP contribution in [0.2, 0.25) is 0 Å². The minimum Gasteiger partial charge on any atom is -0.461 e. The normalized spacial score (nSPS) is 23.6. The predicted molar refractivity (Wildman–Crippen MR) is 102 cm³/mol. The first-order valence-corrected chi connectivity index (χ1v) is 10.6. The van der Waals surface area contributed by atoms with Crippen molar-refractivity contribution >= 4 is 35.0 Å². The van der Waals surface area contributed by atoms with Crippen LogP contribution < -0.4 is 5.73 Å². The summed E-state index contributed by atoms with van der Waals surface area (Å²) >= 11 is 2.80. The maximum Gasteiger partial charge on any atom is 0.316 e. The van der Waals surface area contributed by atoms with Gasteiger partial charge < -0.3 is 10.5 Å². The monoisotopic (exact) mass is 384 g/mol. The van der Waals surface area contributed by atoms with Crippen LogP contribution in [0.5, 0.6) is 0 Å². The summed E-state index contributed by atoms with van der Waals surface area (Å²) < 4.78 is 6.58. The van der Waals surface area contributed by atoms with E-state index in [1.54, 1.807) is 0 Å². The van der Waals surface area contributed by atoms with Crippen molar-refractivity contribution in [1.29, 1.82) is 0 Å². The third-order valence-electron chi connectivity index (χ3n) is 4.77. The fourth-order valence-electron chi connectivity index (χ4n) is 3.36. The Kier molecular flexibility index (Phi) is 7.31. The second kappa shape index (κ2) is 9.03. The van der Waals surface area contributed by atoms with E-state index < -0.39 is 0 Å². The number of hydrogen-bond donors (Lipinski definition) is 1. The first kappa shape index (κ1) is 20.2. The van der Waals surface area contributed by atoms with Crippen molar-refractivity contribution in [3.05, 3.63) is 10.6 Å². The average molecular weight is 385 g/mol. The highest BCUT2D eigenvalue weighted by Gasteiger charge is 2.33. The molecule has 25 heavy (non-hydrogen) atoms. The summed E-state index contributed by atoms with van der Waals surface area (Å²) in [6.07, 6.45) is 3.53. The van der Waals surface area contributed by atoms with Crippen LogP contribution in [0.1, 0.15) is 50.6 Å². The third-order valence-corrected chi connectivity index (χ3v) is 7.04. The van der Waals surface area contributed by atoms with Crippen LogP contribution in [0.3, 0.4) is 0 Å². The number of nitrogens with two attached hydrogens (primary N) is 1. The summed E-state index contributed by atoms with van der Waals surface area (Å²) in [6, 6.07) is 0. The maximum atomic E-state index is 12.3. The summed E-state index contributed by atoms with van der Waals surface area (Å²) in [4.78, 5) is 28.6. The fraction of sp³-hybridized carbons (Fsp3) is 0.722. The van der Waals surface area contributed by atoms with Gasteiger partial charge in [-0.05, 0) is 37.5 Å². The smallest absolute Gasteiger partial charge is 0.316 e. The van der Waals surface area contributed by atoms with E-state index in [0.29, 0.717) is 17.8 Å². The number of primary amides is 1. The molecule has 1 heterocycles. The molecule has 0 bridgehead atoms. The van der Waals surface area contributed by atoms with Crippen molar-refractivity contribution in [2.75, 3.05) is 5.75 Å². The van der Waals surface area contributed by atoms with Crippen molar-refractivity contribution in [2.45, 2.75) is 63.8 Å². The Morgan fingerprint density at radius 1 is 1.40 bits per heavy atom. The average Bonchev–Trinajstić information content (AvgIpc) is 2.84. The second-order valence-corrected chi connectivity index (χ2v) is 9.58. The van der Waals surface area contributed by atoms with E-state index in [9.17, 15) is 9.59 Å². The van der Waals surface area contributed by atoms with Gasteiger partial charge in [0.1, 0.15) is 6.10 Å². The van der Waals surface area contributed by atoms with Gasteiger partial charge >= 0.3 is 5.97 Å². The zero-order valence-corrected chi connectivity index (χ0v) is 17.0. The number of thiazole rings is 1. The van der Waals surface area contributed by atoms with Gasteiger partial charge in [0.05, 0.1) is 17.9 Å². The van der Waals surface area contributed by atoms with Crippen molar-refractivity contribution in [3.8, 4) is 0 Å². The lowest BCUT2D eigenvalue weighted by Gasteiger charge is -2.36. The van der Waals surface area contributed by atoms with Gasteiger partial charge in [0.25, 0.3) is 0 Å². The highest BCUT2D eigenvalue weighted by atomic mass is 32.2. The standard InChI is InChI=1S/C18H28N2O3S2/c1-10(2)13-6-5-11(3)7-14(13)23-17(22)9-24-18-20-12(4)15(25-18)8-16(19)21/h10-11,13-14H,5-9H2,1-4H3,(H2,19,21)/t11-,13+,14-/m1/s1. The minimum absolute atomic E-state index is 0.0281. The SMILES string of the molecule is Cc1nc(SCC(=O)O[C@@H]2C[C@H](C)CC[C@H]2C(C)C)sc1CC(N)=O. The quantitative estimate of drug-likeness (QED) is 0.574. The topological polar surface area (TPSA) is 82.3 Å². The van der Waals surface area contributed by atoms with Gasteiger partial charge in [-0.3, -0.25) is 9.59 Å². The highest BCUT2D eigenvalue weighted by molar-refractivity contribution is 8.01. The Bertz CT molecular complexity index is 615. The molecule has 0 aliphatic heterocycles. The molecule has 2 N–H and O–H groups in total. The van der Waals surface area contributed by atoms with Crippen LogP contribution in [-0.2, 0) is 20.7 Å². The summed E-state index contributed by atoms with van der Waals surface area (Å²) in [5.41, 5.74) is 6.04. The zero-order valence-electron chi connectivity index (χ0n) is 15.4. The molecule has 1 amide bonds. The first-order valence-electron chi connectivity index (χ1n) is 8.83. The molecule has 1 aliphatic rings. The molecule has 0 unspecified atom stereocenters. The van der Waals surface area contributed by atoms with Gasteiger partial charge in [0.15, 0.2) is 4.34 Å². The molecule has 1 saturated carbocycles. The van der Waals surface area contributed by atoms with Crippen molar-refractivity contribution in [2.24, 2.45) is 23.5 Å². The minimum atomic E-state index is -0.367. The number of rotatable bonds is 7. The van der Waals surface area contributed by atoms with E-state index in [0.717, 1.165) is 27.8 Å². The summed E-state index contributed by atoms with van der Waals surface area (Å²) in [6.45, 7) is 8.49. The number of aryl methyl sites for hydroxylation is 1. The lowest BCUT2D eigenvalue weighted by atomic mass is 9.75. The molecule has 7 heteroatoms. The van der Waals surface area contributed by atoms with Crippen LogP contribution >= 0.6 is 23.1 Å². The predicted octanol–water partition coefficient (Wildman–Crippen LogP) is 3.58. The Hall–Kier alpha value is -1.08. The Balaban J connectivity index is 1.88. The van der Waals surface area contributed by atoms with E-state index in [-0.39, 0.29) is 30.2 Å². The number of amides is 1. The number of thioether (sulfide) groups is 1. The molecule has 140 valence electrons. The van der Waals surface area contributed by atoms with Gasteiger partial charge in [-0.1, -0.05) is 39.0 Å². The van der Waals surface area contributed by atoms with Gasteiger partial charge in [-0.2, -0.15) is 0 Å². The first-order chi connectivity index (χ1) is 11.8. The molecule has 2 rings (SSSR count). The molecule has 0 radical (unpaired) electrons. The number of esters is 1. The molecule has 0 aromatic carbocycles.